The molecule has 5 nitrogen and oxygen atoms in total. The van der Waals surface area contributed by atoms with Gasteiger partial charge in [0.25, 0.3) is 0 Å². The van der Waals surface area contributed by atoms with Crippen molar-refractivity contribution in [3.63, 3.8) is 0 Å². The summed E-state index contributed by atoms with van der Waals surface area (Å²) in [7, 11) is 0. The van der Waals surface area contributed by atoms with Crippen LogP contribution >= 0.6 is 0 Å². The molecule has 254 valence electrons. The van der Waals surface area contributed by atoms with Crippen molar-refractivity contribution >= 4 is 40.8 Å². The third-order valence-electron chi connectivity index (χ3n) is 9.46. The number of hydrogen-bond acceptors (Lipinski definition) is 4. The molecule has 0 spiro atoms. The van der Waals surface area contributed by atoms with E-state index < -0.39 is 0 Å². The number of benzene rings is 5. The predicted octanol–water partition coefficient (Wildman–Crippen LogP) is 7.70. The second kappa shape index (κ2) is 15.0. The van der Waals surface area contributed by atoms with Gasteiger partial charge in [-0.25, -0.2) is 5.10 Å². The van der Waals surface area contributed by atoms with Crippen molar-refractivity contribution in [2.45, 2.75) is 33.2 Å². The fraction of sp³-hybridized carbons (Fsp3) is 0.114. The summed E-state index contributed by atoms with van der Waals surface area (Å²) in [6.07, 6.45) is 11.4. The topological polar surface area (TPSA) is 36.7 Å². The van der Waals surface area contributed by atoms with E-state index in [0.717, 1.165) is 51.2 Å². The number of hydrazone groups is 1. The van der Waals surface area contributed by atoms with E-state index in [2.05, 4.69) is 159 Å². The Bertz CT molecular complexity index is 2220. The third-order valence-corrected chi connectivity index (χ3v) is 9.46. The minimum absolute atomic E-state index is 0. The van der Waals surface area contributed by atoms with Crippen LogP contribution in [0.1, 0.15) is 29.2 Å². The summed E-state index contributed by atoms with van der Waals surface area (Å²) in [4.78, 5) is 2.02. The van der Waals surface area contributed by atoms with E-state index in [1.54, 1.807) is 0 Å². The van der Waals surface area contributed by atoms with Crippen LogP contribution < -0.4 is 26.3 Å². The van der Waals surface area contributed by atoms with Crippen molar-refractivity contribution in [3.05, 3.63) is 175 Å². The number of nitrogens with zero attached hydrogens (tertiary/aromatic N) is 5. The zero-order chi connectivity index (χ0) is 34.0. The molecule has 1 atom stereocenters. The van der Waals surface area contributed by atoms with Crippen molar-refractivity contribution in [1.29, 1.82) is 0 Å². The molecule has 1 aliphatic carbocycles. The predicted molar refractivity (Wildman–Crippen MR) is 209 cm³/mol. The molecule has 0 saturated carbocycles. The molecule has 8 rings (SSSR count). The largest absolute Gasteiger partial charge is 0.463 e. The second-order valence-electron chi connectivity index (χ2n) is 13.0. The van der Waals surface area contributed by atoms with Gasteiger partial charge in [0.2, 0.25) is 0 Å². The van der Waals surface area contributed by atoms with Crippen LogP contribution in [0, 0.1) is 39.6 Å². The van der Waals surface area contributed by atoms with Gasteiger partial charge in [0, 0.05) is 32.4 Å². The first-order valence-electron chi connectivity index (χ1n) is 17.1. The Morgan fingerprint density at radius 1 is 0.765 bits per heavy atom. The summed E-state index contributed by atoms with van der Waals surface area (Å²) >= 11 is 0. The molecule has 1 aromatic heterocycles. The smallest absolute Gasteiger partial charge is 0.198 e. The molecular weight excluding hydrogens is 804 g/mol. The maximum atomic E-state index is 5.23. The van der Waals surface area contributed by atoms with E-state index in [-0.39, 0.29) is 33.8 Å². The van der Waals surface area contributed by atoms with Gasteiger partial charge in [-0.15, -0.1) is 42.6 Å². The van der Waals surface area contributed by atoms with Gasteiger partial charge in [-0.3, -0.25) is 4.68 Å². The molecule has 7 heteroatoms. The maximum absolute atomic E-state index is 5.23. The monoisotopic (exact) mass is 841 g/mol. The molecule has 2 heterocycles. The molecule has 0 amide bonds. The van der Waals surface area contributed by atoms with E-state index in [1.165, 1.54) is 22.2 Å². The normalized spacial score (nSPS) is 14.9. The van der Waals surface area contributed by atoms with Crippen LogP contribution in [0.25, 0.3) is 22.5 Å². The summed E-state index contributed by atoms with van der Waals surface area (Å²) < 4.78 is 2.17. The van der Waals surface area contributed by atoms with Gasteiger partial charge < -0.3 is 9.91 Å². The van der Waals surface area contributed by atoms with Crippen molar-refractivity contribution in [2.75, 3.05) is 9.91 Å². The quantitative estimate of drug-likeness (QED) is 0.117. The Kier molecular flexibility index (Phi) is 10.1. The Morgan fingerprint density at radius 2 is 1.47 bits per heavy atom. The first kappa shape index (κ1) is 34.3. The first-order chi connectivity index (χ1) is 24.5. The Hall–Kier alpha value is -5.19. The van der Waals surface area contributed by atoms with Crippen LogP contribution in [0.4, 0.5) is 11.4 Å². The van der Waals surface area contributed by atoms with Crippen LogP contribution in [-0.4, -0.2) is 22.8 Å². The molecule has 0 N–H and O–H groups in total. The Balaban J connectivity index is 0.00000406. The van der Waals surface area contributed by atoms with E-state index in [4.69, 9.17) is 10.2 Å². The van der Waals surface area contributed by atoms with Crippen LogP contribution in [0.5, 0.6) is 0 Å². The third kappa shape index (κ3) is 7.07. The van der Waals surface area contributed by atoms with Crippen LogP contribution in [0.3, 0.4) is 0 Å². The fourth-order valence-corrected chi connectivity index (χ4v) is 7.20. The molecule has 0 unspecified atom stereocenters. The molecule has 0 saturated heterocycles. The molecule has 5 aromatic carbocycles. The SMILES string of the molecule is Cc1cc(C)c(B(c2[c-]c(-c3cc(-c4ccccc4)n([C@@H]4C=CC=CC4)n3)ccc2)c2[c-]c(N3[CH-]N(c4ccccc4)C=N3)ccc2)c(C)c1.[Pt]. The summed E-state index contributed by atoms with van der Waals surface area (Å²) in [6.45, 7) is 8.48. The van der Waals surface area contributed by atoms with Gasteiger partial charge in [-0.1, -0.05) is 119 Å². The molecule has 1 aliphatic heterocycles. The first-order valence-corrected chi connectivity index (χ1v) is 17.1. The molecule has 6 aromatic rings. The van der Waals surface area contributed by atoms with Crippen LogP contribution in [0.2, 0.25) is 0 Å². The number of allylic oxidation sites excluding steroid dienone is 4. The summed E-state index contributed by atoms with van der Waals surface area (Å²) in [5, 5.41) is 11.8. The average Bonchev–Trinajstić information content (AvgIpc) is 3.84. The summed E-state index contributed by atoms with van der Waals surface area (Å²) in [6, 6.07) is 48.1. The van der Waals surface area contributed by atoms with Crippen LogP contribution in [-0.2, 0) is 21.1 Å². The zero-order valence-corrected chi connectivity index (χ0v) is 31.1. The number of aromatic nitrogens is 2. The number of aryl methyl sites for hydroxylation is 3. The average molecular weight is 842 g/mol. The van der Waals surface area contributed by atoms with Crippen molar-refractivity contribution in [3.8, 4) is 22.5 Å². The molecule has 0 fully saturated rings. The Labute approximate surface area is 316 Å². The number of anilines is 2. The molecule has 51 heavy (non-hydrogen) atoms. The minimum atomic E-state index is -0.102. The Morgan fingerprint density at radius 3 is 2.20 bits per heavy atom. The molecule has 0 radical (unpaired) electrons. The zero-order valence-electron chi connectivity index (χ0n) is 28.8. The molecule has 2 aliphatic rings. The van der Waals surface area contributed by atoms with E-state index in [9.17, 15) is 0 Å². The number of para-hydroxylation sites is 1. The standard InChI is InChI=1S/C44H37BN5.Pt/c1-32-25-33(2)44(34(3)26-32)45(38-19-14-24-41(28-38)49-31-48(30-46-49)39-20-9-5-10-21-39)37-18-13-17-36(27-37)42-29-43(35-15-7-4-8-16-35)50(47-42)40-22-11-6-12-23-40;/h4-22,24-26,29-31,40H,23H2,1-3H3;/q-3;/t40-;/m1./s1. The minimum Gasteiger partial charge on any atom is -0.463 e. The van der Waals surface area contributed by atoms with Gasteiger partial charge in [0.15, 0.2) is 6.71 Å². The van der Waals surface area contributed by atoms with Gasteiger partial charge in [-0.05, 0) is 44.9 Å². The van der Waals surface area contributed by atoms with E-state index >= 15 is 0 Å². The molecule has 0 bridgehead atoms. The maximum Gasteiger partial charge on any atom is 0.198 e. The van der Waals surface area contributed by atoms with E-state index in [0.29, 0.717) is 0 Å². The van der Waals surface area contributed by atoms with Gasteiger partial charge in [0.1, 0.15) is 0 Å². The van der Waals surface area contributed by atoms with Gasteiger partial charge in [-0.2, -0.15) is 34.2 Å². The van der Waals surface area contributed by atoms with Crippen molar-refractivity contribution in [2.24, 2.45) is 5.10 Å². The second-order valence-corrected chi connectivity index (χ2v) is 13.0. The van der Waals surface area contributed by atoms with Gasteiger partial charge in [0.05, 0.1) is 18.1 Å². The summed E-state index contributed by atoms with van der Waals surface area (Å²) in [5.41, 5.74) is 13.2. The van der Waals surface area contributed by atoms with Crippen LogP contribution in [0.15, 0.2) is 145 Å². The van der Waals surface area contributed by atoms with Crippen molar-refractivity contribution in [1.82, 2.24) is 9.78 Å². The summed E-state index contributed by atoms with van der Waals surface area (Å²) in [5.74, 6) is 0. The number of rotatable bonds is 8. The molecular formula is C44H37BN5Pt-3. The van der Waals surface area contributed by atoms with Crippen molar-refractivity contribution < 1.29 is 21.1 Å². The van der Waals surface area contributed by atoms with E-state index in [1.807, 2.05) is 41.1 Å². The number of hydrogen-bond donors (Lipinski definition) is 0. The fourth-order valence-electron chi connectivity index (χ4n) is 7.20. The van der Waals surface area contributed by atoms with Gasteiger partial charge >= 0.3 is 0 Å².